The number of carbonyl (C=O) groups is 2. The monoisotopic (exact) mass is 455 g/mol. The summed E-state index contributed by atoms with van der Waals surface area (Å²) >= 11 is 0. The number of nitrogens with zero attached hydrogens (tertiary/aromatic N) is 4. The molecule has 0 spiro atoms. The number of urea groups is 1. The Balaban J connectivity index is 1.87. The van der Waals surface area contributed by atoms with Crippen LogP contribution in [0.5, 0.6) is 5.75 Å². The molecule has 3 rings (SSSR count). The summed E-state index contributed by atoms with van der Waals surface area (Å²) in [5.74, 6) is 0.480. The number of anilines is 1. The van der Waals surface area contributed by atoms with E-state index in [2.05, 4.69) is 14.3 Å². The first-order chi connectivity index (χ1) is 15.0. The van der Waals surface area contributed by atoms with Crippen molar-refractivity contribution in [2.75, 3.05) is 12.0 Å². The highest BCUT2D eigenvalue weighted by Gasteiger charge is 2.52. The molecule has 32 heavy (non-hydrogen) atoms. The maximum absolute atomic E-state index is 13.3. The molecule has 0 saturated carbocycles. The summed E-state index contributed by atoms with van der Waals surface area (Å²) in [6, 6.07) is 5.35. The molecule has 1 N–H and O–H groups in total. The van der Waals surface area contributed by atoms with Gasteiger partial charge in [0.2, 0.25) is 0 Å². The second kappa shape index (κ2) is 8.87. The molecule has 9 heteroatoms. The summed E-state index contributed by atoms with van der Waals surface area (Å²) in [7, 11) is 4.23. The van der Waals surface area contributed by atoms with E-state index in [-0.39, 0.29) is 11.9 Å². The van der Waals surface area contributed by atoms with Crippen molar-refractivity contribution in [1.29, 1.82) is 5.41 Å². The molecular weight excluding hydrogens is 425 g/mol. The molecule has 2 heterocycles. The number of aromatic nitrogens is 2. The number of ether oxygens (including phenoxy) is 1. The molecule has 8 nitrogen and oxygen atoms in total. The Morgan fingerprint density at radius 2 is 1.94 bits per heavy atom. The molecule has 1 unspecified atom stereocenters. The Labute approximate surface area is 190 Å². The van der Waals surface area contributed by atoms with Crippen LogP contribution in [0.3, 0.4) is 0 Å². The molecule has 2 aromatic rings. The van der Waals surface area contributed by atoms with Crippen LogP contribution in [-0.4, -0.2) is 45.0 Å². The average molecular weight is 455 g/mol. The molecule has 1 aliphatic rings. The van der Waals surface area contributed by atoms with E-state index < -0.39 is 5.54 Å². The topological polar surface area (TPSA) is 91.5 Å². The number of aryl methyl sites for hydroxylation is 1. The van der Waals surface area contributed by atoms with Gasteiger partial charge in [0, 0.05) is 18.5 Å². The summed E-state index contributed by atoms with van der Waals surface area (Å²) in [4.78, 5) is 29.3. The van der Waals surface area contributed by atoms with E-state index >= 15 is 0 Å². The SMILES string of the molecule is COc1ccc(CN2C(=O)N(c3cnn(CC(C(C)=N)=C(C)P)c3)C(=O)C2(C)C)cc1C. The van der Waals surface area contributed by atoms with Crippen molar-refractivity contribution in [3.63, 3.8) is 0 Å². The molecule has 3 amide bonds. The highest BCUT2D eigenvalue weighted by molar-refractivity contribution is 7.22. The van der Waals surface area contributed by atoms with Gasteiger partial charge in [-0.3, -0.25) is 9.48 Å². The van der Waals surface area contributed by atoms with Gasteiger partial charge >= 0.3 is 6.03 Å². The second-order valence-corrected chi connectivity index (χ2v) is 9.42. The Hall–Kier alpha value is -2.99. The van der Waals surface area contributed by atoms with Crippen LogP contribution in [0.4, 0.5) is 10.5 Å². The van der Waals surface area contributed by atoms with Crippen LogP contribution in [-0.2, 0) is 17.9 Å². The third kappa shape index (κ3) is 4.32. The van der Waals surface area contributed by atoms with Crippen LogP contribution in [0.1, 0.15) is 38.8 Å². The lowest BCUT2D eigenvalue weighted by Gasteiger charge is -2.28. The molecule has 0 aliphatic carbocycles. The Kier molecular flexibility index (Phi) is 6.56. The lowest BCUT2D eigenvalue weighted by molar-refractivity contribution is -0.123. The molecule has 1 saturated heterocycles. The van der Waals surface area contributed by atoms with E-state index in [0.717, 1.165) is 27.8 Å². The lowest BCUT2D eigenvalue weighted by atomic mass is 10.0. The molecule has 1 aliphatic heterocycles. The molecule has 0 bridgehead atoms. The molecule has 0 radical (unpaired) electrons. The van der Waals surface area contributed by atoms with Crippen molar-refractivity contribution < 1.29 is 14.3 Å². The van der Waals surface area contributed by atoms with Crippen LogP contribution < -0.4 is 9.64 Å². The van der Waals surface area contributed by atoms with Crippen molar-refractivity contribution in [3.8, 4) is 5.75 Å². The normalized spacial score (nSPS) is 16.5. The number of benzene rings is 1. The number of hydrogen-bond donors (Lipinski definition) is 1. The van der Waals surface area contributed by atoms with E-state index in [1.54, 1.807) is 43.7 Å². The van der Waals surface area contributed by atoms with E-state index in [1.165, 1.54) is 11.1 Å². The van der Waals surface area contributed by atoms with Gasteiger partial charge in [-0.25, -0.2) is 9.69 Å². The summed E-state index contributed by atoms with van der Waals surface area (Å²) in [5.41, 5.74) is 2.59. The van der Waals surface area contributed by atoms with Gasteiger partial charge < -0.3 is 15.0 Å². The van der Waals surface area contributed by atoms with Gasteiger partial charge in [-0.2, -0.15) is 5.10 Å². The van der Waals surface area contributed by atoms with Gasteiger partial charge in [0.15, 0.2) is 0 Å². The third-order valence-electron chi connectivity index (χ3n) is 5.75. The van der Waals surface area contributed by atoms with Gasteiger partial charge in [0.05, 0.1) is 25.5 Å². The number of allylic oxidation sites excluding steroid dienone is 2. The minimum Gasteiger partial charge on any atom is -0.496 e. The zero-order valence-electron chi connectivity index (χ0n) is 19.4. The first kappa shape index (κ1) is 23.7. The largest absolute Gasteiger partial charge is 0.496 e. The summed E-state index contributed by atoms with van der Waals surface area (Å²) in [6.07, 6.45) is 3.19. The number of imide groups is 1. The third-order valence-corrected chi connectivity index (χ3v) is 6.10. The van der Waals surface area contributed by atoms with Crippen molar-refractivity contribution in [3.05, 3.63) is 52.6 Å². The minimum atomic E-state index is -1.000. The fourth-order valence-electron chi connectivity index (χ4n) is 3.81. The van der Waals surface area contributed by atoms with E-state index in [0.29, 0.717) is 24.5 Å². The fraction of sp³-hybridized carbons (Fsp3) is 0.391. The van der Waals surface area contributed by atoms with Crippen LogP contribution >= 0.6 is 9.24 Å². The number of methoxy groups -OCH3 is 1. The van der Waals surface area contributed by atoms with Crippen molar-refractivity contribution >= 4 is 32.6 Å². The Bertz CT molecular complexity index is 1110. The van der Waals surface area contributed by atoms with Gasteiger partial charge in [-0.15, -0.1) is 9.24 Å². The molecule has 1 atom stereocenters. The second-order valence-electron chi connectivity index (χ2n) is 8.55. The lowest BCUT2D eigenvalue weighted by Crippen LogP contribution is -2.43. The van der Waals surface area contributed by atoms with Crippen LogP contribution in [0, 0.1) is 12.3 Å². The van der Waals surface area contributed by atoms with Crippen LogP contribution in [0.15, 0.2) is 41.5 Å². The van der Waals surface area contributed by atoms with Crippen LogP contribution in [0.25, 0.3) is 0 Å². The maximum atomic E-state index is 13.3. The first-order valence-electron chi connectivity index (χ1n) is 10.3. The van der Waals surface area contributed by atoms with Gasteiger partial charge in [0.25, 0.3) is 5.91 Å². The van der Waals surface area contributed by atoms with Crippen molar-refractivity contribution in [2.24, 2.45) is 0 Å². The predicted octanol–water partition coefficient (Wildman–Crippen LogP) is 4.14. The summed E-state index contributed by atoms with van der Waals surface area (Å²) < 4.78 is 6.95. The highest BCUT2D eigenvalue weighted by atomic mass is 31.0. The molecule has 1 fully saturated rings. The molecule has 170 valence electrons. The fourth-order valence-corrected chi connectivity index (χ4v) is 4.11. The van der Waals surface area contributed by atoms with Gasteiger partial charge in [0.1, 0.15) is 11.3 Å². The smallest absolute Gasteiger partial charge is 0.332 e. The zero-order valence-corrected chi connectivity index (χ0v) is 20.5. The molecular formula is C23H30N5O3P. The average Bonchev–Trinajstić information content (AvgIpc) is 3.23. The maximum Gasteiger partial charge on any atom is 0.332 e. The number of carbonyl (C=O) groups excluding carboxylic acids is 2. The molecule has 1 aromatic carbocycles. The number of rotatable bonds is 7. The van der Waals surface area contributed by atoms with Crippen LogP contribution in [0.2, 0.25) is 0 Å². The number of amides is 3. The van der Waals surface area contributed by atoms with Gasteiger partial charge in [-0.1, -0.05) is 12.1 Å². The van der Waals surface area contributed by atoms with E-state index in [9.17, 15) is 9.59 Å². The highest BCUT2D eigenvalue weighted by Crippen LogP contribution is 2.33. The van der Waals surface area contributed by atoms with E-state index in [1.807, 2.05) is 32.0 Å². The summed E-state index contributed by atoms with van der Waals surface area (Å²) in [5, 5.41) is 13.2. The molecule has 1 aromatic heterocycles. The first-order valence-corrected chi connectivity index (χ1v) is 10.9. The van der Waals surface area contributed by atoms with Crippen molar-refractivity contribution in [1.82, 2.24) is 14.7 Å². The van der Waals surface area contributed by atoms with Gasteiger partial charge in [-0.05, 0) is 62.7 Å². The predicted molar refractivity (Wildman–Crippen MR) is 128 cm³/mol. The minimum absolute atomic E-state index is 0.298. The Morgan fingerprint density at radius 3 is 2.50 bits per heavy atom. The zero-order chi connectivity index (χ0) is 23.8. The number of hydrogen-bond acceptors (Lipinski definition) is 5. The quantitative estimate of drug-likeness (QED) is 0.386. The summed E-state index contributed by atoms with van der Waals surface area (Å²) in [6.45, 7) is 9.79. The van der Waals surface area contributed by atoms with Crippen molar-refractivity contribution in [2.45, 2.75) is 53.2 Å². The number of nitrogens with one attached hydrogen (secondary N) is 1. The Morgan fingerprint density at radius 1 is 1.25 bits per heavy atom. The standard InChI is InChI=1S/C23H30N5O3P/c1-14-9-17(7-8-20(14)31-6)11-27-22(30)28(21(29)23(27,4)5)18-10-25-26(12-18)13-19(15(2)24)16(3)32/h7-10,12,24H,11,13,32H2,1-6H3. The van der Waals surface area contributed by atoms with E-state index in [4.69, 9.17) is 10.1 Å².